The maximum Gasteiger partial charge on any atom is 0.191 e. The van der Waals surface area contributed by atoms with Gasteiger partial charge in [0.25, 0.3) is 0 Å². The van der Waals surface area contributed by atoms with E-state index in [2.05, 4.69) is 34.7 Å². The van der Waals surface area contributed by atoms with Crippen LogP contribution in [0, 0.1) is 0 Å². The highest BCUT2D eigenvalue weighted by Crippen LogP contribution is 2.33. The number of halogens is 1. The zero-order valence-corrected chi connectivity index (χ0v) is 21.3. The molecule has 1 unspecified atom stereocenters. The normalized spacial score (nSPS) is 11.8. The Kier molecular flexibility index (Phi) is 12.8. The number of guanidine groups is 1. The molecular weight excluding hydrogens is 509 g/mol. The third-order valence-corrected chi connectivity index (χ3v) is 4.72. The quantitative estimate of drug-likeness (QED) is 0.192. The van der Waals surface area contributed by atoms with Crippen molar-refractivity contribution in [3.8, 4) is 17.2 Å². The second-order valence-corrected chi connectivity index (χ2v) is 6.64. The van der Waals surface area contributed by atoms with E-state index in [-0.39, 0.29) is 30.1 Å². The summed E-state index contributed by atoms with van der Waals surface area (Å²) >= 11 is 0. The largest absolute Gasteiger partial charge is 0.496 e. The predicted octanol–water partition coefficient (Wildman–Crippen LogP) is 4.16. The molecule has 7 nitrogen and oxygen atoms in total. The van der Waals surface area contributed by atoms with E-state index in [1.165, 1.54) is 5.56 Å². The first kappa shape index (κ1) is 26.8. The van der Waals surface area contributed by atoms with Crippen LogP contribution in [0.2, 0.25) is 0 Å². The molecule has 0 aliphatic rings. The highest BCUT2D eigenvalue weighted by molar-refractivity contribution is 14.0. The predicted molar refractivity (Wildman–Crippen MR) is 135 cm³/mol. The lowest BCUT2D eigenvalue weighted by molar-refractivity contribution is 0.0646. The summed E-state index contributed by atoms with van der Waals surface area (Å²) < 4.78 is 22.2. The molecule has 0 amide bonds. The monoisotopic (exact) mass is 543 g/mol. The van der Waals surface area contributed by atoms with Crippen molar-refractivity contribution in [2.24, 2.45) is 4.99 Å². The van der Waals surface area contributed by atoms with Crippen LogP contribution in [-0.4, -0.2) is 47.5 Å². The summed E-state index contributed by atoms with van der Waals surface area (Å²) in [5.74, 6) is 2.76. The molecule has 0 aromatic heterocycles. The van der Waals surface area contributed by atoms with E-state index in [1.54, 1.807) is 28.4 Å². The SMILES string of the molecule is CN=C(NCCCOC(C)c1ccccc1)NCc1c(OC)cc(OC)cc1OC.I. The average molecular weight is 543 g/mol. The van der Waals surface area contributed by atoms with Gasteiger partial charge in [-0.05, 0) is 18.9 Å². The van der Waals surface area contributed by atoms with Crippen LogP contribution < -0.4 is 24.8 Å². The van der Waals surface area contributed by atoms with E-state index >= 15 is 0 Å². The molecule has 2 aromatic rings. The van der Waals surface area contributed by atoms with Gasteiger partial charge in [-0.15, -0.1) is 24.0 Å². The Labute approximate surface area is 202 Å². The topological polar surface area (TPSA) is 73.3 Å². The number of methoxy groups -OCH3 is 3. The zero-order valence-electron chi connectivity index (χ0n) is 18.9. The van der Waals surface area contributed by atoms with Gasteiger partial charge in [0.1, 0.15) is 17.2 Å². The fourth-order valence-electron chi connectivity index (χ4n) is 3.00. The number of hydrogen-bond acceptors (Lipinski definition) is 5. The van der Waals surface area contributed by atoms with E-state index in [0.29, 0.717) is 36.4 Å². The number of rotatable bonds is 11. The molecule has 1 atom stereocenters. The molecule has 8 heteroatoms. The van der Waals surface area contributed by atoms with Gasteiger partial charge < -0.3 is 29.6 Å². The second-order valence-electron chi connectivity index (χ2n) is 6.64. The summed E-state index contributed by atoms with van der Waals surface area (Å²) in [5.41, 5.74) is 2.08. The summed E-state index contributed by atoms with van der Waals surface area (Å²) in [6.45, 7) is 3.98. The highest BCUT2D eigenvalue weighted by Gasteiger charge is 2.13. The molecule has 31 heavy (non-hydrogen) atoms. The van der Waals surface area contributed by atoms with E-state index < -0.39 is 0 Å². The van der Waals surface area contributed by atoms with Crippen molar-refractivity contribution in [2.75, 3.05) is 41.5 Å². The van der Waals surface area contributed by atoms with Crippen LogP contribution in [0.1, 0.15) is 30.6 Å². The minimum atomic E-state index is 0. The van der Waals surface area contributed by atoms with Crippen molar-refractivity contribution in [1.82, 2.24) is 10.6 Å². The van der Waals surface area contributed by atoms with Gasteiger partial charge in [-0.2, -0.15) is 0 Å². The van der Waals surface area contributed by atoms with Crippen LogP contribution in [0.15, 0.2) is 47.5 Å². The van der Waals surface area contributed by atoms with Gasteiger partial charge in [0, 0.05) is 32.3 Å². The Balaban J connectivity index is 0.00000480. The van der Waals surface area contributed by atoms with Gasteiger partial charge in [-0.1, -0.05) is 30.3 Å². The van der Waals surface area contributed by atoms with Crippen molar-refractivity contribution >= 4 is 29.9 Å². The van der Waals surface area contributed by atoms with Crippen LogP contribution in [0.4, 0.5) is 0 Å². The standard InChI is InChI=1S/C23H33N3O4.HI/c1-17(18-10-7-6-8-11-18)30-13-9-12-25-23(24-2)26-16-20-21(28-4)14-19(27-3)15-22(20)29-5;/h6-8,10-11,14-15,17H,9,12-13,16H2,1-5H3,(H2,24,25,26);1H. The van der Waals surface area contributed by atoms with Gasteiger partial charge >= 0.3 is 0 Å². The van der Waals surface area contributed by atoms with Crippen molar-refractivity contribution in [3.05, 3.63) is 53.6 Å². The lowest BCUT2D eigenvalue weighted by Crippen LogP contribution is -2.37. The third kappa shape index (κ3) is 8.45. The second kappa shape index (κ2) is 14.7. The average Bonchev–Trinajstić information content (AvgIpc) is 2.80. The van der Waals surface area contributed by atoms with Crippen LogP contribution in [0.5, 0.6) is 17.2 Å². The van der Waals surface area contributed by atoms with Crippen LogP contribution in [-0.2, 0) is 11.3 Å². The van der Waals surface area contributed by atoms with Gasteiger partial charge in [-0.3, -0.25) is 4.99 Å². The first-order chi connectivity index (χ1) is 14.6. The molecule has 0 aliphatic heterocycles. The van der Waals surface area contributed by atoms with E-state index in [4.69, 9.17) is 18.9 Å². The number of ether oxygens (including phenoxy) is 4. The van der Waals surface area contributed by atoms with Gasteiger partial charge in [0.05, 0.1) is 39.5 Å². The molecular formula is C23H34IN3O4. The first-order valence-corrected chi connectivity index (χ1v) is 10.0. The number of benzene rings is 2. The fraction of sp³-hybridized carbons (Fsp3) is 0.435. The maximum absolute atomic E-state index is 5.91. The molecule has 0 spiro atoms. The van der Waals surface area contributed by atoms with Crippen LogP contribution in [0.25, 0.3) is 0 Å². The smallest absolute Gasteiger partial charge is 0.191 e. The molecule has 0 bridgehead atoms. The molecule has 0 radical (unpaired) electrons. The van der Waals surface area contributed by atoms with E-state index in [0.717, 1.165) is 18.5 Å². The molecule has 2 aromatic carbocycles. The maximum atomic E-state index is 5.91. The van der Waals surface area contributed by atoms with Crippen molar-refractivity contribution in [2.45, 2.75) is 26.0 Å². The van der Waals surface area contributed by atoms with Crippen LogP contribution in [0.3, 0.4) is 0 Å². The number of aliphatic imine (C=N–C) groups is 1. The summed E-state index contributed by atoms with van der Waals surface area (Å²) in [5, 5.41) is 6.60. The minimum Gasteiger partial charge on any atom is -0.496 e. The summed E-state index contributed by atoms with van der Waals surface area (Å²) in [7, 11) is 6.61. The molecule has 2 N–H and O–H groups in total. The summed E-state index contributed by atoms with van der Waals surface area (Å²) in [6.07, 6.45) is 0.950. The van der Waals surface area contributed by atoms with E-state index in [1.807, 2.05) is 30.3 Å². The molecule has 0 saturated heterocycles. The Morgan fingerprint density at radius 2 is 1.61 bits per heavy atom. The van der Waals surface area contributed by atoms with Crippen LogP contribution >= 0.6 is 24.0 Å². The Hall–Kier alpha value is -2.20. The van der Waals surface area contributed by atoms with Crippen molar-refractivity contribution in [3.63, 3.8) is 0 Å². The zero-order chi connectivity index (χ0) is 21.8. The Morgan fingerprint density at radius 3 is 2.16 bits per heavy atom. The third-order valence-electron chi connectivity index (χ3n) is 4.72. The van der Waals surface area contributed by atoms with E-state index in [9.17, 15) is 0 Å². The number of hydrogen-bond donors (Lipinski definition) is 2. The van der Waals surface area contributed by atoms with Gasteiger partial charge in [-0.25, -0.2) is 0 Å². The molecule has 2 rings (SSSR count). The first-order valence-electron chi connectivity index (χ1n) is 10.0. The summed E-state index contributed by atoms with van der Waals surface area (Å²) in [6, 6.07) is 13.9. The highest BCUT2D eigenvalue weighted by atomic mass is 127. The fourth-order valence-corrected chi connectivity index (χ4v) is 3.00. The summed E-state index contributed by atoms with van der Waals surface area (Å²) in [4.78, 5) is 4.28. The number of nitrogens with zero attached hydrogens (tertiary/aromatic N) is 1. The lowest BCUT2D eigenvalue weighted by Gasteiger charge is -2.17. The minimum absolute atomic E-state index is 0. The molecule has 0 saturated carbocycles. The van der Waals surface area contributed by atoms with Crippen molar-refractivity contribution < 1.29 is 18.9 Å². The molecule has 0 heterocycles. The molecule has 172 valence electrons. The molecule has 0 aliphatic carbocycles. The van der Waals surface area contributed by atoms with Gasteiger partial charge in [0.15, 0.2) is 5.96 Å². The molecule has 0 fully saturated rings. The lowest BCUT2D eigenvalue weighted by atomic mass is 10.1. The van der Waals surface area contributed by atoms with Crippen molar-refractivity contribution in [1.29, 1.82) is 0 Å². The number of nitrogens with one attached hydrogen (secondary N) is 2. The van der Waals surface area contributed by atoms with Gasteiger partial charge in [0.2, 0.25) is 0 Å². The Bertz CT molecular complexity index is 778. The Morgan fingerprint density at radius 1 is 0.968 bits per heavy atom.